The summed E-state index contributed by atoms with van der Waals surface area (Å²) in [6.07, 6.45) is 7.92. The Kier molecular flexibility index (Phi) is 6.46. The van der Waals surface area contributed by atoms with Gasteiger partial charge < -0.3 is 10.2 Å². The number of carbonyl (C=O) groups excluding carboxylic acids is 1. The standard InChI is InChI=1S/C13H26N2O/c1-3-4-5-6-9-13(16)15(2)11-12-8-7-10-14-12/h12,14H,3-11H2,1-2H3. The van der Waals surface area contributed by atoms with E-state index in [0.29, 0.717) is 11.9 Å². The number of nitrogens with zero attached hydrogens (tertiary/aromatic N) is 1. The van der Waals surface area contributed by atoms with Crippen LogP contribution in [0, 0.1) is 0 Å². The summed E-state index contributed by atoms with van der Waals surface area (Å²) < 4.78 is 0. The first-order valence-corrected chi connectivity index (χ1v) is 6.71. The van der Waals surface area contributed by atoms with Crippen LogP contribution < -0.4 is 5.32 Å². The van der Waals surface area contributed by atoms with Crippen molar-refractivity contribution < 1.29 is 4.79 Å². The van der Waals surface area contributed by atoms with Crippen LogP contribution in [0.25, 0.3) is 0 Å². The van der Waals surface area contributed by atoms with Crippen molar-refractivity contribution in [1.82, 2.24) is 10.2 Å². The molecule has 1 fully saturated rings. The maximum atomic E-state index is 11.8. The van der Waals surface area contributed by atoms with Crippen LogP contribution in [0.5, 0.6) is 0 Å². The molecule has 1 rings (SSSR count). The highest BCUT2D eigenvalue weighted by molar-refractivity contribution is 5.75. The molecule has 3 nitrogen and oxygen atoms in total. The Morgan fingerprint density at radius 3 is 2.81 bits per heavy atom. The van der Waals surface area contributed by atoms with Crippen LogP contribution >= 0.6 is 0 Å². The average Bonchev–Trinajstić information content (AvgIpc) is 2.76. The van der Waals surface area contributed by atoms with E-state index in [4.69, 9.17) is 0 Å². The Morgan fingerprint density at radius 1 is 1.38 bits per heavy atom. The Balaban J connectivity index is 2.09. The summed E-state index contributed by atoms with van der Waals surface area (Å²) in [6, 6.07) is 0.532. The highest BCUT2D eigenvalue weighted by Crippen LogP contribution is 2.08. The molecule has 1 heterocycles. The van der Waals surface area contributed by atoms with E-state index >= 15 is 0 Å². The van der Waals surface area contributed by atoms with Gasteiger partial charge in [-0.15, -0.1) is 0 Å². The summed E-state index contributed by atoms with van der Waals surface area (Å²) in [4.78, 5) is 13.7. The molecule has 94 valence electrons. The third kappa shape index (κ3) is 4.97. The second-order valence-electron chi connectivity index (χ2n) is 4.88. The van der Waals surface area contributed by atoms with Crippen LogP contribution in [0.4, 0.5) is 0 Å². The normalized spacial score (nSPS) is 20.0. The molecule has 16 heavy (non-hydrogen) atoms. The lowest BCUT2D eigenvalue weighted by Gasteiger charge is -2.21. The number of nitrogens with one attached hydrogen (secondary N) is 1. The molecule has 1 atom stereocenters. The fraction of sp³-hybridized carbons (Fsp3) is 0.923. The van der Waals surface area contributed by atoms with E-state index in [9.17, 15) is 4.79 Å². The van der Waals surface area contributed by atoms with Crippen molar-refractivity contribution in [2.24, 2.45) is 0 Å². The molecule has 1 amide bonds. The van der Waals surface area contributed by atoms with Crippen molar-refractivity contribution in [3.63, 3.8) is 0 Å². The van der Waals surface area contributed by atoms with Crippen molar-refractivity contribution in [3.8, 4) is 0 Å². The zero-order chi connectivity index (χ0) is 11.8. The van der Waals surface area contributed by atoms with Gasteiger partial charge in [0.2, 0.25) is 5.91 Å². The number of unbranched alkanes of at least 4 members (excludes halogenated alkanes) is 3. The topological polar surface area (TPSA) is 32.3 Å². The van der Waals surface area contributed by atoms with Crippen LogP contribution in [-0.2, 0) is 4.79 Å². The molecule has 0 aromatic carbocycles. The van der Waals surface area contributed by atoms with E-state index in [1.165, 1.54) is 32.1 Å². The van der Waals surface area contributed by atoms with E-state index in [1.807, 2.05) is 11.9 Å². The molecular weight excluding hydrogens is 200 g/mol. The van der Waals surface area contributed by atoms with Gasteiger partial charge in [-0.1, -0.05) is 26.2 Å². The zero-order valence-electron chi connectivity index (χ0n) is 10.8. The fourth-order valence-corrected chi connectivity index (χ4v) is 2.24. The van der Waals surface area contributed by atoms with Gasteiger partial charge in [0.15, 0.2) is 0 Å². The van der Waals surface area contributed by atoms with Crippen LogP contribution in [-0.4, -0.2) is 37.0 Å². The van der Waals surface area contributed by atoms with Crippen molar-refractivity contribution in [1.29, 1.82) is 0 Å². The minimum absolute atomic E-state index is 0.310. The predicted molar refractivity (Wildman–Crippen MR) is 67.4 cm³/mol. The van der Waals surface area contributed by atoms with Crippen molar-refractivity contribution in [2.75, 3.05) is 20.1 Å². The third-order valence-corrected chi connectivity index (χ3v) is 3.33. The zero-order valence-corrected chi connectivity index (χ0v) is 10.8. The Labute approximate surface area is 99.6 Å². The van der Waals surface area contributed by atoms with Crippen molar-refractivity contribution in [2.45, 2.75) is 57.9 Å². The summed E-state index contributed by atoms with van der Waals surface area (Å²) in [5.41, 5.74) is 0. The number of amides is 1. The largest absolute Gasteiger partial charge is 0.344 e. The van der Waals surface area contributed by atoms with E-state index in [0.717, 1.165) is 25.9 Å². The number of hydrogen-bond donors (Lipinski definition) is 1. The van der Waals surface area contributed by atoms with Gasteiger partial charge >= 0.3 is 0 Å². The van der Waals surface area contributed by atoms with E-state index in [1.54, 1.807) is 0 Å². The van der Waals surface area contributed by atoms with Crippen LogP contribution in [0.1, 0.15) is 51.9 Å². The molecule has 1 unspecified atom stereocenters. The number of likely N-dealkylation sites (N-methyl/N-ethyl adjacent to an activating group) is 1. The van der Waals surface area contributed by atoms with Crippen molar-refractivity contribution in [3.05, 3.63) is 0 Å². The van der Waals surface area contributed by atoms with Gasteiger partial charge in [-0.05, 0) is 25.8 Å². The number of carbonyl (C=O) groups is 1. The molecule has 0 aromatic heterocycles. The van der Waals surface area contributed by atoms with Crippen LogP contribution in [0.15, 0.2) is 0 Å². The Hall–Kier alpha value is -0.570. The molecule has 1 aliphatic rings. The minimum Gasteiger partial charge on any atom is -0.344 e. The predicted octanol–water partition coefficient (Wildman–Crippen LogP) is 2.17. The first kappa shape index (κ1) is 13.5. The Bertz CT molecular complexity index is 200. The van der Waals surface area contributed by atoms with E-state index < -0.39 is 0 Å². The van der Waals surface area contributed by atoms with Gasteiger partial charge in [0, 0.05) is 26.1 Å². The summed E-state index contributed by atoms with van der Waals surface area (Å²) in [7, 11) is 1.93. The molecule has 0 aromatic rings. The maximum absolute atomic E-state index is 11.8. The van der Waals surface area contributed by atoms with Gasteiger partial charge in [-0.3, -0.25) is 4.79 Å². The lowest BCUT2D eigenvalue weighted by molar-refractivity contribution is -0.130. The lowest BCUT2D eigenvalue weighted by Crippen LogP contribution is -2.38. The average molecular weight is 226 g/mol. The second-order valence-corrected chi connectivity index (χ2v) is 4.88. The van der Waals surface area contributed by atoms with Crippen LogP contribution in [0.3, 0.4) is 0 Å². The van der Waals surface area contributed by atoms with Crippen molar-refractivity contribution >= 4 is 5.91 Å². The fourth-order valence-electron chi connectivity index (χ4n) is 2.24. The van der Waals surface area contributed by atoms with E-state index in [2.05, 4.69) is 12.2 Å². The first-order valence-electron chi connectivity index (χ1n) is 6.71. The third-order valence-electron chi connectivity index (χ3n) is 3.33. The summed E-state index contributed by atoms with van der Waals surface area (Å²) >= 11 is 0. The first-order chi connectivity index (χ1) is 7.74. The van der Waals surface area contributed by atoms with Crippen LogP contribution in [0.2, 0.25) is 0 Å². The quantitative estimate of drug-likeness (QED) is 0.675. The van der Waals surface area contributed by atoms with Gasteiger partial charge in [0.05, 0.1) is 0 Å². The summed E-state index contributed by atoms with van der Waals surface area (Å²) in [5.74, 6) is 0.310. The number of rotatable bonds is 7. The molecule has 0 spiro atoms. The maximum Gasteiger partial charge on any atom is 0.222 e. The molecule has 0 aliphatic carbocycles. The smallest absolute Gasteiger partial charge is 0.222 e. The highest BCUT2D eigenvalue weighted by Gasteiger charge is 2.18. The molecule has 0 radical (unpaired) electrons. The van der Waals surface area contributed by atoms with Gasteiger partial charge in [-0.25, -0.2) is 0 Å². The molecule has 0 bridgehead atoms. The minimum atomic E-state index is 0.310. The lowest BCUT2D eigenvalue weighted by atomic mass is 10.1. The molecule has 0 saturated carbocycles. The van der Waals surface area contributed by atoms with Gasteiger partial charge in [0.1, 0.15) is 0 Å². The SMILES string of the molecule is CCCCCCC(=O)N(C)CC1CCCN1. The molecule has 1 N–H and O–H groups in total. The summed E-state index contributed by atoms with van der Waals surface area (Å²) in [6.45, 7) is 4.19. The van der Waals surface area contributed by atoms with Gasteiger partial charge in [0.25, 0.3) is 0 Å². The number of hydrogen-bond acceptors (Lipinski definition) is 2. The highest BCUT2D eigenvalue weighted by atomic mass is 16.2. The van der Waals surface area contributed by atoms with Gasteiger partial charge in [-0.2, -0.15) is 0 Å². The molecular formula is C13H26N2O. The molecule has 3 heteroatoms. The summed E-state index contributed by atoms with van der Waals surface area (Å²) in [5, 5.41) is 3.42. The second kappa shape index (κ2) is 7.66. The monoisotopic (exact) mass is 226 g/mol. The molecule has 1 saturated heterocycles. The Morgan fingerprint density at radius 2 is 2.19 bits per heavy atom. The molecule has 1 aliphatic heterocycles. The van der Waals surface area contributed by atoms with E-state index in [-0.39, 0.29) is 0 Å².